The van der Waals surface area contributed by atoms with Gasteiger partial charge in [-0.3, -0.25) is 14.7 Å². The summed E-state index contributed by atoms with van der Waals surface area (Å²) in [6.07, 6.45) is 5.99. The van der Waals surface area contributed by atoms with E-state index in [9.17, 15) is 4.79 Å². The van der Waals surface area contributed by atoms with Gasteiger partial charge in [-0.05, 0) is 36.5 Å². The predicted molar refractivity (Wildman–Crippen MR) is 86.6 cm³/mol. The Bertz CT molecular complexity index is 565. The Morgan fingerprint density at radius 3 is 2.87 bits per heavy atom. The van der Waals surface area contributed by atoms with Gasteiger partial charge in [-0.1, -0.05) is 6.92 Å². The normalized spacial score (nSPS) is 34.0. The molecule has 1 saturated carbocycles. The molecule has 1 amide bonds. The second kappa shape index (κ2) is 6.21. The summed E-state index contributed by atoms with van der Waals surface area (Å²) in [5.41, 5.74) is 1.28. The molecular weight excluding hydrogens is 290 g/mol. The quantitative estimate of drug-likeness (QED) is 0.849. The van der Waals surface area contributed by atoms with Crippen molar-refractivity contribution in [2.24, 2.45) is 11.8 Å². The first-order chi connectivity index (χ1) is 11.2. The highest BCUT2D eigenvalue weighted by molar-refractivity contribution is 5.81. The lowest BCUT2D eigenvalue weighted by Crippen LogP contribution is -2.60. The van der Waals surface area contributed by atoms with Gasteiger partial charge < -0.3 is 9.64 Å². The van der Waals surface area contributed by atoms with Crippen LogP contribution in [0.3, 0.4) is 0 Å². The monoisotopic (exact) mass is 315 g/mol. The number of piperidine rings is 1. The number of fused-ring (bicyclic) bond motifs is 1. The van der Waals surface area contributed by atoms with Crippen LogP contribution in [0.2, 0.25) is 0 Å². The van der Waals surface area contributed by atoms with Gasteiger partial charge in [-0.25, -0.2) is 0 Å². The summed E-state index contributed by atoms with van der Waals surface area (Å²) in [6.45, 7) is 6.49. The second-order valence-electron chi connectivity index (χ2n) is 7.19. The number of hydrogen-bond donors (Lipinski definition) is 0. The van der Waals surface area contributed by atoms with Crippen molar-refractivity contribution in [3.05, 3.63) is 30.1 Å². The number of amides is 1. The maximum Gasteiger partial charge on any atom is 0.226 e. The van der Waals surface area contributed by atoms with Gasteiger partial charge in [0.15, 0.2) is 0 Å². The summed E-state index contributed by atoms with van der Waals surface area (Å²) in [5, 5.41) is 0. The number of pyridine rings is 1. The van der Waals surface area contributed by atoms with Crippen molar-refractivity contribution in [1.82, 2.24) is 14.8 Å². The summed E-state index contributed by atoms with van der Waals surface area (Å²) in [6, 6.07) is 4.47. The Labute approximate surface area is 137 Å². The molecular formula is C18H25N3O2. The molecule has 2 aliphatic heterocycles. The van der Waals surface area contributed by atoms with E-state index in [2.05, 4.69) is 33.8 Å². The molecule has 1 aliphatic carbocycles. The summed E-state index contributed by atoms with van der Waals surface area (Å²) in [7, 11) is 0. The zero-order valence-corrected chi connectivity index (χ0v) is 13.7. The lowest BCUT2D eigenvalue weighted by Gasteiger charge is -2.47. The van der Waals surface area contributed by atoms with Crippen LogP contribution in [0, 0.1) is 11.8 Å². The minimum Gasteiger partial charge on any atom is -0.375 e. The van der Waals surface area contributed by atoms with E-state index in [1.807, 2.05) is 12.4 Å². The number of ether oxygens (including phenoxy) is 1. The van der Waals surface area contributed by atoms with E-state index in [-0.39, 0.29) is 12.0 Å². The van der Waals surface area contributed by atoms with E-state index in [4.69, 9.17) is 4.74 Å². The molecule has 1 aromatic heterocycles. The minimum atomic E-state index is 0.270. The maximum atomic E-state index is 12.6. The molecule has 1 aromatic rings. The summed E-state index contributed by atoms with van der Waals surface area (Å²) in [5.74, 6) is 1.23. The van der Waals surface area contributed by atoms with Crippen molar-refractivity contribution < 1.29 is 9.53 Å². The average Bonchev–Trinajstić information content (AvgIpc) is 3.32. The third-order valence-corrected chi connectivity index (χ3v) is 5.57. The summed E-state index contributed by atoms with van der Waals surface area (Å²) >= 11 is 0. The molecule has 4 rings (SSSR count). The fourth-order valence-corrected chi connectivity index (χ4v) is 3.96. The van der Waals surface area contributed by atoms with Crippen LogP contribution in [0.4, 0.5) is 0 Å². The second-order valence-corrected chi connectivity index (χ2v) is 7.19. The van der Waals surface area contributed by atoms with Gasteiger partial charge in [0.1, 0.15) is 0 Å². The van der Waals surface area contributed by atoms with E-state index in [1.165, 1.54) is 5.56 Å². The molecule has 0 N–H and O–H groups in total. The number of likely N-dealkylation sites (tertiary alicyclic amines) is 1. The van der Waals surface area contributed by atoms with Crippen LogP contribution in [0.1, 0.15) is 25.3 Å². The lowest BCUT2D eigenvalue weighted by atomic mass is 9.97. The van der Waals surface area contributed by atoms with Crippen LogP contribution in [0.25, 0.3) is 0 Å². The number of morpholine rings is 1. The molecule has 0 bridgehead atoms. The number of rotatable bonds is 3. The van der Waals surface area contributed by atoms with Gasteiger partial charge in [0.25, 0.3) is 0 Å². The highest BCUT2D eigenvalue weighted by Gasteiger charge is 2.45. The zero-order valence-electron chi connectivity index (χ0n) is 13.7. The maximum absolute atomic E-state index is 12.6. The van der Waals surface area contributed by atoms with Gasteiger partial charge in [0.05, 0.1) is 18.8 Å². The van der Waals surface area contributed by atoms with Crippen LogP contribution < -0.4 is 0 Å². The van der Waals surface area contributed by atoms with Crippen LogP contribution in [0.15, 0.2) is 24.5 Å². The average molecular weight is 315 g/mol. The van der Waals surface area contributed by atoms with Gasteiger partial charge in [0, 0.05) is 44.5 Å². The van der Waals surface area contributed by atoms with Crippen LogP contribution in [-0.4, -0.2) is 59.1 Å². The fourth-order valence-electron chi connectivity index (χ4n) is 3.96. The molecule has 4 atom stereocenters. The topological polar surface area (TPSA) is 45.7 Å². The first-order valence-corrected chi connectivity index (χ1v) is 8.75. The van der Waals surface area contributed by atoms with E-state index < -0.39 is 0 Å². The highest BCUT2D eigenvalue weighted by Crippen LogP contribution is 2.40. The van der Waals surface area contributed by atoms with Crippen LogP contribution in [-0.2, 0) is 16.1 Å². The number of hydrogen-bond acceptors (Lipinski definition) is 4. The minimum absolute atomic E-state index is 0.270. The first kappa shape index (κ1) is 15.1. The van der Waals surface area contributed by atoms with E-state index in [0.717, 1.165) is 45.6 Å². The molecule has 2 saturated heterocycles. The molecule has 3 fully saturated rings. The number of carbonyl (C=O) groups excluding carboxylic acids is 1. The number of nitrogens with zero attached hydrogens (tertiary/aromatic N) is 3. The standard InChI is InChI=1S/C18H25N3O2/c1-13-10-15(13)18(22)21-7-4-17-16(12-21)20(8-9-23-17)11-14-2-5-19-6-3-14/h2-3,5-6,13,15-17H,4,7-12H2,1H3/t13?,15?,16-,17-/m1/s1. The molecule has 0 radical (unpaired) electrons. The SMILES string of the molecule is CC1CC1C(=O)N1CC[C@H]2OCCN(Cc3ccncc3)[C@@H]2C1. The van der Waals surface area contributed by atoms with Crippen molar-refractivity contribution in [1.29, 1.82) is 0 Å². The Morgan fingerprint density at radius 1 is 1.35 bits per heavy atom. The molecule has 3 aliphatic rings. The van der Waals surface area contributed by atoms with Crippen LogP contribution in [0.5, 0.6) is 0 Å². The zero-order chi connectivity index (χ0) is 15.8. The molecule has 2 unspecified atom stereocenters. The van der Waals surface area contributed by atoms with Gasteiger partial charge in [0.2, 0.25) is 5.91 Å². The molecule has 124 valence electrons. The van der Waals surface area contributed by atoms with Crippen LogP contribution >= 0.6 is 0 Å². The van der Waals surface area contributed by atoms with Gasteiger partial charge in [-0.15, -0.1) is 0 Å². The Hall–Kier alpha value is -1.46. The molecule has 0 aromatic carbocycles. The first-order valence-electron chi connectivity index (χ1n) is 8.75. The third-order valence-electron chi connectivity index (χ3n) is 5.57. The van der Waals surface area contributed by atoms with E-state index in [0.29, 0.717) is 17.9 Å². The van der Waals surface area contributed by atoms with Gasteiger partial charge in [-0.2, -0.15) is 0 Å². The van der Waals surface area contributed by atoms with Gasteiger partial charge >= 0.3 is 0 Å². The molecule has 5 heteroatoms. The smallest absolute Gasteiger partial charge is 0.226 e. The molecule has 3 heterocycles. The summed E-state index contributed by atoms with van der Waals surface area (Å²) < 4.78 is 5.98. The Balaban J connectivity index is 1.44. The molecule has 5 nitrogen and oxygen atoms in total. The van der Waals surface area contributed by atoms with Crippen molar-refractivity contribution in [3.8, 4) is 0 Å². The van der Waals surface area contributed by atoms with Crippen molar-refractivity contribution in [3.63, 3.8) is 0 Å². The Kier molecular flexibility index (Phi) is 4.07. The largest absolute Gasteiger partial charge is 0.375 e. The highest BCUT2D eigenvalue weighted by atomic mass is 16.5. The molecule has 23 heavy (non-hydrogen) atoms. The van der Waals surface area contributed by atoms with E-state index in [1.54, 1.807) is 0 Å². The van der Waals surface area contributed by atoms with Crippen molar-refractivity contribution >= 4 is 5.91 Å². The number of aromatic nitrogens is 1. The summed E-state index contributed by atoms with van der Waals surface area (Å²) in [4.78, 5) is 21.2. The lowest BCUT2D eigenvalue weighted by molar-refractivity contribution is -0.145. The number of carbonyl (C=O) groups is 1. The predicted octanol–water partition coefficient (Wildman–Crippen LogP) is 1.54. The van der Waals surface area contributed by atoms with Crippen molar-refractivity contribution in [2.45, 2.75) is 38.5 Å². The molecule has 0 spiro atoms. The Morgan fingerprint density at radius 2 is 2.13 bits per heavy atom. The van der Waals surface area contributed by atoms with Crippen molar-refractivity contribution in [2.75, 3.05) is 26.2 Å². The third kappa shape index (κ3) is 3.12. The fraction of sp³-hybridized carbons (Fsp3) is 0.667. The van der Waals surface area contributed by atoms with E-state index >= 15 is 0 Å².